The van der Waals surface area contributed by atoms with Crippen molar-refractivity contribution in [1.29, 1.82) is 5.26 Å². The van der Waals surface area contributed by atoms with E-state index in [0.29, 0.717) is 11.3 Å². The van der Waals surface area contributed by atoms with E-state index >= 15 is 0 Å². The molecule has 6 heteroatoms. The Labute approximate surface area is 128 Å². The molecule has 2 rings (SSSR count). The Bertz CT molecular complexity index is 725. The predicted molar refractivity (Wildman–Crippen MR) is 77.3 cm³/mol. The van der Waals surface area contributed by atoms with Crippen LogP contribution in [0, 0.1) is 11.3 Å². The minimum absolute atomic E-state index is 0.0682. The summed E-state index contributed by atoms with van der Waals surface area (Å²) in [6.45, 7) is 0. The Kier molecular flexibility index (Phi) is 4.28. The van der Waals surface area contributed by atoms with Gasteiger partial charge in [-0.25, -0.2) is 4.79 Å². The molecule has 0 spiro atoms. The van der Waals surface area contributed by atoms with E-state index in [4.69, 9.17) is 26.7 Å². The maximum absolute atomic E-state index is 10.8. The highest BCUT2D eigenvalue weighted by Crippen LogP contribution is 2.32. The van der Waals surface area contributed by atoms with E-state index in [1.54, 1.807) is 18.2 Å². The van der Waals surface area contributed by atoms with E-state index in [1.807, 2.05) is 6.07 Å². The lowest BCUT2D eigenvalue weighted by molar-refractivity contribution is 0.0697. The van der Waals surface area contributed by atoms with E-state index < -0.39 is 5.97 Å². The fraction of sp³-hybridized carbons (Fsp3) is 0. The fourth-order valence-electron chi connectivity index (χ4n) is 1.51. The minimum atomic E-state index is -1.07. The molecule has 0 aliphatic rings. The summed E-state index contributed by atoms with van der Waals surface area (Å²) in [5.74, 6) is -0.434. The first kappa shape index (κ1) is 14.4. The Morgan fingerprint density at radius 1 is 1.25 bits per heavy atom. The van der Waals surface area contributed by atoms with Crippen LogP contribution in [0.15, 0.2) is 40.9 Å². The summed E-state index contributed by atoms with van der Waals surface area (Å²) < 4.78 is 6.31. The number of nitrogens with zero attached hydrogens (tertiary/aromatic N) is 1. The summed E-state index contributed by atoms with van der Waals surface area (Å²) in [6.07, 6.45) is 0. The Morgan fingerprint density at radius 3 is 2.55 bits per heavy atom. The van der Waals surface area contributed by atoms with Crippen LogP contribution in [0.5, 0.6) is 11.5 Å². The number of aromatic carboxylic acids is 1. The molecule has 20 heavy (non-hydrogen) atoms. The van der Waals surface area contributed by atoms with Crippen LogP contribution in [0.2, 0.25) is 5.02 Å². The highest BCUT2D eigenvalue weighted by atomic mass is 79.9. The molecule has 0 aliphatic heterocycles. The van der Waals surface area contributed by atoms with Crippen LogP contribution in [-0.2, 0) is 0 Å². The average Bonchev–Trinajstić information content (AvgIpc) is 2.42. The van der Waals surface area contributed by atoms with Crippen molar-refractivity contribution in [2.24, 2.45) is 0 Å². The van der Waals surface area contributed by atoms with Crippen LogP contribution >= 0.6 is 27.5 Å². The normalized spacial score (nSPS) is 9.85. The molecule has 0 aliphatic carbocycles. The second-order valence-corrected chi connectivity index (χ2v) is 5.13. The van der Waals surface area contributed by atoms with Gasteiger partial charge in [0.05, 0.1) is 16.1 Å². The van der Waals surface area contributed by atoms with Crippen molar-refractivity contribution in [3.8, 4) is 17.6 Å². The molecule has 0 heterocycles. The van der Waals surface area contributed by atoms with Crippen LogP contribution in [0.3, 0.4) is 0 Å². The smallest absolute Gasteiger partial charge is 0.335 e. The van der Waals surface area contributed by atoms with Gasteiger partial charge in [-0.05, 0) is 36.4 Å². The van der Waals surface area contributed by atoms with Crippen LogP contribution in [-0.4, -0.2) is 11.1 Å². The molecule has 0 aromatic heterocycles. The molecule has 4 nitrogen and oxygen atoms in total. The summed E-state index contributed by atoms with van der Waals surface area (Å²) in [4.78, 5) is 10.8. The SMILES string of the molecule is N#Cc1cc(Br)ccc1Oc1ccc(C(=O)O)cc1Cl. The van der Waals surface area contributed by atoms with E-state index in [0.717, 1.165) is 4.47 Å². The van der Waals surface area contributed by atoms with Gasteiger partial charge in [0.1, 0.15) is 17.6 Å². The Morgan fingerprint density at radius 2 is 1.95 bits per heavy atom. The summed E-state index contributed by atoms with van der Waals surface area (Å²) in [5.41, 5.74) is 0.413. The lowest BCUT2D eigenvalue weighted by Gasteiger charge is -2.09. The standard InChI is InChI=1S/C14H7BrClNO3/c15-10-2-4-12(9(5-10)7-17)20-13-3-1-8(14(18)19)6-11(13)16/h1-6H,(H,18,19). The number of rotatable bonds is 3. The Balaban J connectivity index is 2.36. The molecule has 100 valence electrons. The number of halogens is 2. The molecule has 0 saturated carbocycles. The van der Waals surface area contributed by atoms with Gasteiger partial charge in [0.15, 0.2) is 0 Å². The van der Waals surface area contributed by atoms with E-state index in [-0.39, 0.29) is 16.3 Å². The largest absolute Gasteiger partial charge is 0.478 e. The Hall–Kier alpha value is -2.03. The van der Waals surface area contributed by atoms with Crippen molar-refractivity contribution in [2.45, 2.75) is 0 Å². The molecular formula is C14H7BrClNO3. The molecule has 2 aromatic rings. The summed E-state index contributed by atoms with van der Waals surface area (Å²) in [7, 11) is 0. The lowest BCUT2D eigenvalue weighted by atomic mass is 10.2. The third-order valence-electron chi connectivity index (χ3n) is 2.46. The summed E-state index contributed by atoms with van der Waals surface area (Å²) >= 11 is 9.23. The molecule has 2 aromatic carbocycles. The molecule has 0 atom stereocenters. The number of ether oxygens (including phenoxy) is 1. The van der Waals surface area contributed by atoms with Crippen LogP contribution in [0.1, 0.15) is 15.9 Å². The van der Waals surface area contributed by atoms with Gasteiger partial charge in [-0.3, -0.25) is 0 Å². The van der Waals surface area contributed by atoms with Gasteiger partial charge in [0, 0.05) is 4.47 Å². The maximum atomic E-state index is 10.8. The lowest BCUT2D eigenvalue weighted by Crippen LogP contribution is -1.96. The molecule has 0 amide bonds. The average molecular weight is 353 g/mol. The molecule has 0 unspecified atom stereocenters. The molecule has 0 radical (unpaired) electrons. The van der Waals surface area contributed by atoms with Crippen molar-refractivity contribution >= 4 is 33.5 Å². The molecule has 0 saturated heterocycles. The first-order valence-electron chi connectivity index (χ1n) is 5.41. The van der Waals surface area contributed by atoms with Crippen molar-refractivity contribution in [1.82, 2.24) is 0 Å². The number of nitriles is 1. The monoisotopic (exact) mass is 351 g/mol. The van der Waals surface area contributed by atoms with Gasteiger partial charge in [0.25, 0.3) is 0 Å². The zero-order chi connectivity index (χ0) is 14.7. The third-order valence-corrected chi connectivity index (χ3v) is 3.25. The van der Waals surface area contributed by atoms with Crippen molar-refractivity contribution < 1.29 is 14.6 Å². The predicted octanol–water partition coefficient (Wildman–Crippen LogP) is 4.46. The van der Waals surface area contributed by atoms with Crippen LogP contribution < -0.4 is 4.74 Å². The van der Waals surface area contributed by atoms with Gasteiger partial charge >= 0.3 is 5.97 Å². The topological polar surface area (TPSA) is 70.3 Å². The number of carbonyl (C=O) groups is 1. The molecule has 0 fully saturated rings. The van der Waals surface area contributed by atoms with Gasteiger partial charge in [0.2, 0.25) is 0 Å². The van der Waals surface area contributed by atoms with Gasteiger partial charge in [-0.15, -0.1) is 0 Å². The van der Waals surface area contributed by atoms with Crippen molar-refractivity contribution in [3.63, 3.8) is 0 Å². The van der Waals surface area contributed by atoms with E-state index in [1.165, 1.54) is 18.2 Å². The summed E-state index contributed by atoms with van der Waals surface area (Å²) in [5, 5.41) is 18.1. The number of carboxylic acids is 1. The second-order valence-electron chi connectivity index (χ2n) is 3.80. The number of carboxylic acid groups (broad SMARTS) is 1. The number of hydrogen-bond acceptors (Lipinski definition) is 3. The zero-order valence-corrected chi connectivity index (χ0v) is 12.3. The molecule has 0 bridgehead atoms. The van der Waals surface area contributed by atoms with Gasteiger partial charge in [-0.2, -0.15) is 5.26 Å². The van der Waals surface area contributed by atoms with Crippen LogP contribution in [0.4, 0.5) is 0 Å². The third kappa shape index (κ3) is 3.10. The van der Waals surface area contributed by atoms with Gasteiger partial charge in [-0.1, -0.05) is 27.5 Å². The fourth-order valence-corrected chi connectivity index (χ4v) is 2.09. The first-order valence-corrected chi connectivity index (χ1v) is 6.58. The van der Waals surface area contributed by atoms with Crippen LogP contribution in [0.25, 0.3) is 0 Å². The highest BCUT2D eigenvalue weighted by Gasteiger charge is 2.11. The maximum Gasteiger partial charge on any atom is 0.335 e. The molecule has 1 N–H and O–H groups in total. The van der Waals surface area contributed by atoms with Crippen molar-refractivity contribution in [2.75, 3.05) is 0 Å². The molecular weight excluding hydrogens is 346 g/mol. The van der Waals surface area contributed by atoms with E-state index in [9.17, 15) is 4.79 Å². The minimum Gasteiger partial charge on any atom is -0.478 e. The number of hydrogen-bond donors (Lipinski definition) is 1. The zero-order valence-electron chi connectivity index (χ0n) is 9.93. The first-order chi connectivity index (χ1) is 9.51. The highest BCUT2D eigenvalue weighted by molar-refractivity contribution is 9.10. The quantitative estimate of drug-likeness (QED) is 0.885. The number of benzene rings is 2. The van der Waals surface area contributed by atoms with Gasteiger partial charge < -0.3 is 9.84 Å². The van der Waals surface area contributed by atoms with E-state index in [2.05, 4.69) is 15.9 Å². The summed E-state index contributed by atoms with van der Waals surface area (Å²) in [6, 6.07) is 11.1. The second kappa shape index (κ2) is 5.95. The van der Waals surface area contributed by atoms with Crippen molar-refractivity contribution in [3.05, 3.63) is 57.0 Å².